The summed E-state index contributed by atoms with van der Waals surface area (Å²) in [4.78, 5) is 15.4. The third kappa shape index (κ3) is 5.11. The molecule has 0 saturated carbocycles. The number of hydrogen-bond acceptors (Lipinski definition) is 2. The van der Waals surface area contributed by atoms with E-state index in [1.54, 1.807) is 11.6 Å². The molecule has 0 N–H and O–H groups in total. The molecule has 0 atom stereocenters. The minimum absolute atomic E-state index is 0.00662. The molecule has 1 aromatic heterocycles. The molecule has 0 aliphatic carbocycles. The average Bonchev–Trinajstić information content (AvgIpc) is 3.13. The summed E-state index contributed by atoms with van der Waals surface area (Å²) in [7, 11) is 1.80. The Kier molecular flexibility index (Phi) is 7.26. The van der Waals surface area contributed by atoms with E-state index >= 15 is 0 Å². The second-order valence-corrected chi connectivity index (χ2v) is 10.2. The van der Waals surface area contributed by atoms with Crippen LogP contribution in [-0.4, -0.2) is 33.7 Å². The SMILES string of the molecule is Cn1c(=O)n(C2CCN(CCCC(c3ccc(F)cc3)c3ccc(F)cc3)CC2)c2ccc(Cl)cc21. The Labute approximate surface area is 214 Å². The molecule has 0 bridgehead atoms. The predicted octanol–water partition coefficient (Wildman–Crippen LogP) is 6.52. The molecule has 4 aromatic rings. The maximum absolute atomic E-state index is 13.5. The first-order valence-corrected chi connectivity index (χ1v) is 12.9. The predicted molar refractivity (Wildman–Crippen MR) is 141 cm³/mol. The lowest BCUT2D eigenvalue weighted by molar-refractivity contribution is 0.183. The highest BCUT2D eigenvalue weighted by atomic mass is 35.5. The number of fused-ring (bicyclic) bond motifs is 1. The second kappa shape index (κ2) is 10.6. The molecule has 0 unspecified atom stereocenters. The summed E-state index contributed by atoms with van der Waals surface area (Å²) in [5.74, 6) is -0.425. The minimum Gasteiger partial charge on any atom is -0.303 e. The number of nitrogens with zero attached hydrogens (tertiary/aromatic N) is 3. The van der Waals surface area contributed by atoms with E-state index in [0.29, 0.717) is 5.02 Å². The molecule has 0 radical (unpaired) electrons. The van der Waals surface area contributed by atoms with Crippen molar-refractivity contribution in [3.63, 3.8) is 0 Å². The van der Waals surface area contributed by atoms with Crippen LogP contribution in [0, 0.1) is 11.6 Å². The van der Waals surface area contributed by atoms with Crippen molar-refractivity contribution in [1.82, 2.24) is 14.0 Å². The van der Waals surface area contributed by atoms with Gasteiger partial charge in [-0.3, -0.25) is 9.13 Å². The number of aromatic nitrogens is 2. The molecule has 1 aliphatic rings. The fraction of sp³-hybridized carbons (Fsp3) is 0.345. The third-order valence-corrected chi connectivity index (χ3v) is 7.72. The van der Waals surface area contributed by atoms with Gasteiger partial charge >= 0.3 is 5.69 Å². The van der Waals surface area contributed by atoms with Gasteiger partial charge in [0.25, 0.3) is 0 Å². The zero-order valence-electron chi connectivity index (χ0n) is 20.3. The molecule has 3 aromatic carbocycles. The van der Waals surface area contributed by atoms with E-state index in [1.165, 1.54) is 24.3 Å². The van der Waals surface area contributed by atoms with Crippen LogP contribution in [-0.2, 0) is 7.05 Å². The van der Waals surface area contributed by atoms with Gasteiger partial charge in [-0.2, -0.15) is 0 Å². The van der Waals surface area contributed by atoms with Crippen LogP contribution in [0.4, 0.5) is 8.78 Å². The smallest absolute Gasteiger partial charge is 0.303 e. The minimum atomic E-state index is -0.257. The van der Waals surface area contributed by atoms with E-state index in [2.05, 4.69) is 4.90 Å². The number of benzene rings is 3. The Morgan fingerprint density at radius 3 is 2.06 bits per heavy atom. The Balaban J connectivity index is 1.22. The molecular formula is C29H30ClF2N3O. The van der Waals surface area contributed by atoms with Crippen molar-refractivity contribution in [2.45, 2.75) is 37.6 Å². The fourth-order valence-corrected chi connectivity index (χ4v) is 5.69. The molecular weight excluding hydrogens is 480 g/mol. The fourth-order valence-electron chi connectivity index (χ4n) is 5.53. The van der Waals surface area contributed by atoms with Crippen LogP contribution in [0.3, 0.4) is 0 Å². The summed E-state index contributed by atoms with van der Waals surface area (Å²) in [6.45, 7) is 2.81. The topological polar surface area (TPSA) is 30.2 Å². The van der Waals surface area contributed by atoms with Crippen molar-refractivity contribution >= 4 is 22.6 Å². The zero-order valence-corrected chi connectivity index (χ0v) is 21.1. The maximum atomic E-state index is 13.5. The number of imidazole rings is 1. The van der Waals surface area contributed by atoms with Crippen molar-refractivity contribution < 1.29 is 8.78 Å². The summed E-state index contributed by atoms with van der Waals surface area (Å²) < 4.78 is 30.6. The van der Waals surface area contributed by atoms with Gasteiger partial charge < -0.3 is 4.90 Å². The molecule has 188 valence electrons. The molecule has 2 heterocycles. The van der Waals surface area contributed by atoms with E-state index in [9.17, 15) is 13.6 Å². The lowest BCUT2D eigenvalue weighted by Crippen LogP contribution is -2.38. The van der Waals surface area contributed by atoms with Gasteiger partial charge in [0.15, 0.2) is 0 Å². The normalized spacial score (nSPS) is 15.2. The number of likely N-dealkylation sites (tertiary alicyclic amines) is 1. The number of piperidine rings is 1. The van der Waals surface area contributed by atoms with Gasteiger partial charge in [-0.05, 0) is 85.8 Å². The van der Waals surface area contributed by atoms with Gasteiger partial charge in [0.2, 0.25) is 0 Å². The van der Waals surface area contributed by atoms with Gasteiger partial charge in [-0.1, -0.05) is 35.9 Å². The van der Waals surface area contributed by atoms with Crippen molar-refractivity contribution in [2.75, 3.05) is 19.6 Å². The van der Waals surface area contributed by atoms with Crippen LogP contribution >= 0.6 is 11.6 Å². The van der Waals surface area contributed by atoms with E-state index in [-0.39, 0.29) is 29.3 Å². The monoisotopic (exact) mass is 509 g/mol. The highest BCUT2D eigenvalue weighted by Gasteiger charge is 2.25. The zero-order chi connectivity index (χ0) is 25.2. The van der Waals surface area contributed by atoms with Crippen LogP contribution < -0.4 is 5.69 Å². The molecule has 36 heavy (non-hydrogen) atoms. The van der Waals surface area contributed by atoms with E-state index in [1.807, 2.05) is 47.0 Å². The quantitative estimate of drug-likeness (QED) is 0.284. The largest absolute Gasteiger partial charge is 0.329 e. The first kappa shape index (κ1) is 24.7. The van der Waals surface area contributed by atoms with Gasteiger partial charge in [0.05, 0.1) is 11.0 Å². The Morgan fingerprint density at radius 1 is 0.889 bits per heavy atom. The molecule has 1 aliphatic heterocycles. The van der Waals surface area contributed by atoms with Crippen molar-refractivity contribution in [2.24, 2.45) is 7.05 Å². The molecule has 0 amide bonds. The van der Waals surface area contributed by atoms with Gasteiger partial charge in [-0.25, -0.2) is 13.6 Å². The van der Waals surface area contributed by atoms with E-state index < -0.39 is 0 Å². The Morgan fingerprint density at radius 2 is 1.47 bits per heavy atom. The summed E-state index contributed by atoms with van der Waals surface area (Å²) in [6, 6.07) is 19.0. The van der Waals surface area contributed by atoms with Crippen LogP contribution in [0.25, 0.3) is 11.0 Å². The average molecular weight is 510 g/mol. The lowest BCUT2D eigenvalue weighted by atomic mass is 9.87. The molecule has 1 saturated heterocycles. The molecule has 5 rings (SSSR count). The lowest BCUT2D eigenvalue weighted by Gasteiger charge is -2.33. The van der Waals surface area contributed by atoms with E-state index in [0.717, 1.165) is 67.5 Å². The van der Waals surface area contributed by atoms with Gasteiger partial charge in [0.1, 0.15) is 11.6 Å². The standard InChI is InChI=1S/C29H30ClF2N3O/c1-33-28-19-22(30)8-13-27(28)35(29(33)36)25-14-17-34(18-15-25)16-2-3-26(20-4-9-23(31)10-5-20)21-6-11-24(32)12-7-21/h4-13,19,25-26H,2-3,14-18H2,1H3. The third-order valence-electron chi connectivity index (χ3n) is 7.49. The summed E-state index contributed by atoms with van der Waals surface area (Å²) in [6.07, 6.45) is 3.69. The summed E-state index contributed by atoms with van der Waals surface area (Å²) >= 11 is 6.16. The Bertz CT molecular complexity index is 1340. The second-order valence-electron chi connectivity index (χ2n) is 9.72. The maximum Gasteiger partial charge on any atom is 0.329 e. The molecule has 7 heteroatoms. The van der Waals surface area contributed by atoms with Crippen LogP contribution in [0.2, 0.25) is 5.02 Å². The van der Waals surface area contributed by atoms with E-state index in [4.69, 9.17) is 11.6 Å². The number of aryl methyl sites for hydroxylation is 1. The summed E-state index contributed by atoms with van der Waals surface area (Å²) in [5, 5.41) is 0.629. The number of rotatable bonds is 7. The first-order chi connectivity index (χ1) is 17.4. The summed E-state index contributed by atoms with van der Waals surface area (Å²) in [5.41, 5.74) is 3.89. The highest BCUT2D eigenvalue weighted by molar-refractivity contribution is 6.31. The highest BCUT2D eigenvalue weighted by Crippen LogP contribution is 2.31. The molecule has 4 nitrogen and oxygen atoms in total. The van der Waals surface area contributed by atoms with Gasteiger partial charge in [0, 0.05) is 37.1 Å². The first-order valence-electron chi connectivity index (χ1n) is 12.5. The van der Waals surface area contributed by atoms with Crippen molar-refractivity contribution in [1.29, 1.82) is 0 Å². The number of halogens is 3. The van der Waals surface area contributed by atoms with Crippen LogP contribution in [0.15, 0.2) is 71.5 Å². The van der Waals surface area contributed by atoms with Crippen LogP contribution in [0.5, 0.6) is 0 Å². The number of hydrogen-bond donors (Lipinski definition) is 0. The molecule has 0 spiro atoms. The Hall–Kier alpha value is -2.96. The van der Waals surface area contributed by atoms with Crippen LogP contribution in [0.1, 0.15) is 48.8 Å². The van der Waals surface area contributed by atoms with Gasteiger partial charge in [-0.15, -0.1) is 0 Å². The molecule has 1 fully saturated rings. The van der Waals surface area contributed by atoms with Crippen molar-refractivity contribution in [3.8, 4) is 0 Å². The van der Waals surface area contributed by atoms with Crippen molar-refractivity contribution in [3.05, 3.63) is 105 Å².